The van der Waals surface area contributed by atoms with Gasteiger partial charge in [-0.05, 0) is 56.2 Å². The van der Waals surface area contributed by atoms with Gasteiger partial charge in [-0.1, -0.05) is 71.8 Å². The highest BCUT2D eigenvalue weighted by molar-refractivity contribution is 8.01. The van der Waals surface area contributed by atoms with Gasteiger partial charge in [0.1, 0.15) is 5.03 Å². The molecule has 2 amide bonds. The predicted octanol–water partition coefficient (Wildman–Crippen LogP) is 8.31. The fraction of sp³-hybridized carbons (Fsp3) is 0.241. The summed E-state index contributed by atoms with van der Waals surface area (Å²) >= 11 is 4.66. The molecule has 0 aliphatic heterocycles. The Labute approximate surface area is 235 Å². The molecule has 0 bridgehead atoms. The van der Waals surface area contributed by atoms with Gasteiger partial charge in [-0.25, -0.2) is 14.8 Å². The molecule has 194 valence electrons. The highest BCUT2D eigenvalue weighted by Gasteiger charge is 2.26. The molecule has 1 aliphatic rings. The Kier molecular flexibility index (Phi) is 8.78. The number of carbonyl (C=O) groups is 2. The second-order valence-corrected chi connectivity index (χ2v) is 12.4. The van der Waals surface area contributed by atoms with E-state index >= 15 is 0 Å². The minimum atomic E-state index is -0.417. The van der Waals surface area contributed by atoms with Crippen LogP contribution in [0.5, 0.6) is 0 Å². The average molecular weight is 561 g/mol. The summed E-state index contributed by atoms with van der Waals surface area (Å²) in [6.07, 6.45) is 5.76. The number of ketones is 1. The molecule has 0 radical (unpaired) electrons. The van der Waals surface area contributed by atoms with Crippen LogP contribution in [0.15, 0.2) is 87.1 Å². The first-order chi connectivity index (χ1) is 18.5. The molecule has 0 atom stereocenters. The number of nitrogens with one attached hydrogen (secondary N) is 2. The van der Waals surface area contributed by atoms with Crippen molar-refractivity contribution >= 4 is 57.5 Å². The maximum Gasteiger partial charge on any atom is 0.325 e. The van der Waals surface area contributed by atoms with Crippen molar-refractivity contribution in [2.75, 3.05) is 10.6 Å². The van der Waals surface area contributed by atoms with Gasteiger partial charge in [0.15, 0.2) is 10.9 Å². The predicted molar refractivity (Wildman–Crippen MR) is 157 cm³/mol. The number of hydrogen-bond acceptors (Lipinski definition) is 7. The molecule has 2 aromatic carbocycles. The number of hydrogen-bond donors (Lipinski definition) is 2. The van der Waals surface area contributed by atoms with Gasteiger partial charge in [0.2, 0.25) is 0 Å². The molecule has 1 fully saturated rings. The first-order valence-corrected chi connectivity index (χ1v) is 15.2. The molecule has 0 spiro atoms. The van der Waals surface area contributed by atoms with Crippen LogP contribution in [-0.4, -0.2) is 21.8 Å². The van der Waals surface area contributed by atoms with E-state index in [9.17, 15) is 9.59 Å². The van der Waals surface area contributed by atoms with Crippen molar-refractivity contribution < 1.29 is 9.59 Å². The zero-order valence-electron chi connectivity index (χ0n) is 21.0. The summed E-state index contributed by atoms with van der Waals surface area (Å²) in [5.74, 6) is 0.817. The topological polar surface area (TPSA) is 84.0 Å². The van der Waals surface area contributed by atoms with Gasteiger partial charge in [-0.15, -0.1) is 11.8 Å². The van der Waals surface area contributed by atoms with Crippen LogP contribution in [0, 0.1) is 12.8 Å². The zero-order valence-corrected chi connectivity index (χ0v) is 23.4. The molecule has 2 aromatic heterocycles. The van der Waals surface area contributed by atoms with Gasteiger partial charge < -0.3 is 5.32 Å². The second kappa shape index (κ2) is 12.6. The van der Waals surface area contributed by atoms with Crippen LogP contribution >= 0.6 is 34.9 Å². The first-order valence-electron chi connectivity index (χ1n) is 12.5. The Morgan fingerprint density at radius 1 is 1.00 bits per heavy atom. The lowest BCUT2D eigenvalue weighted by molar-refractivity contribution is 0.0923. The van der Waals surface area contributed by atoms with Gasteiger partial charge in [0, 0.05) is 28.3 Å². The van der Waals surface area contributed by atoms with Gasteiger partial charge in [-0.2, -0.15) is 0 Å². The molecule has 0 saturated heterocycles. The molecule has 0 unspecified atom stereocenters. The van der Waals surface area contributed by atoms with E-state index in [1.165, 1.54) is 23.1 Å². The summed E-state index contributed by atoms with van der Waals surface area (Å²) < 4.78 is 0.981. The Morgan fingerprint density at radius 2 is 1.79 bits per heavy atom. The number of anilines is 2. The fourth-order valence-electron chi connectivity index (χ4n) is 4.36. The lowest BCUT2D eigenvalue weighted by atomic mass is 9.94. The van der Waals surface area contributed by atoms with Gasteiger partial charge in [0.05, 0.1) is 15.6 Å². The second-order valence-electron chi connectivity index (χ2n) is 9.10. The molecular weight excluding hydrogens is 533 g/mol. The molecule has 9 heteroatoms. The van der Waals surface area contributed by atoms with E-state index in [-0.39, 0.29) is 11.7 Å². The van der Waals surface area contributed by atoms with Crippen molar-refractivity contribution in [1.29, 1.82) is 0 Å². The van der Waals surface area contributed by atoms with Crippen LogP contribution in [0.3, 0.4) is 0 Å². The maximum absolute atomic E-state index is 13.2. The summed E-state index contributed by atoms with van der Waals surface area (Å²) in [4.78, 5) is 36.5. The van der Waals surface area contributed by atoms with Gasteiger partial charge >= 0.3 is 6.03 Å². The SMILES string of the molecule is Cc1ccc(NC(=O)Nc2nc(CSc3ccccc3)c(Sc3ccccn3)s2)c(C(=O)C2CCCC2)c1. The zero-order chi connectivity index (χ0) is 26.3. The summed E-state index contributed by atoms with van der Waals surface area (Å²) in [7, 11) is 0. The maximum atomic E-state index is 13.2. The van der Waals surface area contributed by atoms with Gasteiger partial charge in [0.25, 0.3) is 0 Å². The third kappa shape index (κ3) is 6.83. The number of nitrogens with zero attached hydrogens (tertiary/aromatic N) is 2. The lowest BCUT2D eigenvalue weighted by Crippen LogP contribution is -2.22. The van der Waals surface area contributed by atoms with Crippen LogP contribution in [0.25, 0.3) is 0 Å². The number of thioether (sulfide) groups is 1. The van der Waals surface area contributed by atoms with E-state index < -0.39 is 6.03 Å². The summed E-state index contributed by atoms with van der Waals surface area (Å²) in [5.41, 5.74) is 3.00. The van der Waals surface area contributed by atoms with Gasteiger partial charge in [-0.3, -0.25) is 10.1 Å². The Bertz CT molecular complexity index is 1400. The third-order valence-corrected chi connectivity index (χ3v) is 9.45. The van der Waals surface area contributed by atoms with Crippen molar-refractivity contribution in [2.24, 2.45) is 5.92 Å². The molecule has 6 nitrogen and oxygen atoms in total. The Morgan fingerprint density at radius 3 is 2.55 bits per heavy atom. The summed E-state index contributed by atoms with van der Waals surface area (Å²) in [6, 6.07) is 21.1. The normalized spacial score (nSPS) is 13.4. The van der Waals surface area contributed by atoms with Crippen LogP contribution in [-0.2, 0) is 5.75 Å². The van der Waals surface area contributed by atoms with Crippen molar-refractivity contribution in [1.82, 2.24) is 9.97 Å². The number of aromatic nitrogens is 2. The van der Waals surface area contributed by atoms with Crippen molar-refractivity contribution in [3.63, 3.8) is 0 Å². The van der Waals surface area contributed by atoms with E-state index in [1.807, 2.05) is 61.5 Å². The Balaban J connectivity index is 1.32. The highest BCUT2D eigenvalue weighted by Crippen LogP contribution is 2.39. The van der Waals surface area contributed by atoms with Crippen molar-refractivity contribution in [2.45, 2.75) is 52.5 Å². The number of Topliss-reactive ketones (excluding diaryl/α,β-unsaturated/α-hetero) is 1. The number of carbonyl (C=O) groups excluding carboxylic acids is 2. The van der Waals surface area contributed by atoms with E-state index in [2.05, 4.69) is 27.8 Å². The first kappa shape index (κ1) is 26.5. The summed E-state index contributed by atoms with van der Waals surface area (Å²) in [5, 5.41) is 7.16. The number of thiazole rings is 1. The quantitative estimate of drug-likeness (QED) is 0.158. The molecule has 2 heterocycles. The minimum absolute atomic E-state index is 0.0372. The van der Waals surface area contributed by atoms with Crippen LogP contribution in [0.2, 0.25) is 0 Å². The van der Waals surface area contributed by atoms with E-state index in [1.54, 1.807) is 18.0 Å². The smallest absolute Gasteiger partial charge is 0.307 e. The largest absolute Gasteiger partial charge is 0.325 e. The molecule has 1 aliphatic carbocycles. The number of pyridine rings is 1. The molecular formula is C29H28N4O2S3. The van der Waals surface area contributed by atoms with E-state index in [0.717, 1.165) is 51.1 Å². The average Bonchev–Trinajstić information content (AvgIpc) is 3.60. The molecule has 4 aromatic rings. The summed E-state index contributed by atoms with van der Waals surface area (Å²) in [6.45, 7) is 1.96. The Hall–Kier alpha value is -3.14. The number of amides is 2. The highest BCUT2D eigenvalue weighted by atomic mass is 32.2. The van der Waals surface area contributed by atoms with Crippen LogP contribution in [0.4, 0.5) is 15.6 Å². The van der Waals surface area contributed by atoms with Crippen molar-refractivity contribution in [3.05, 3.63) is 89.7 Å². The third-order valence-electron chi connectivity index (χ3n) is 6.25. The number of benzene rings is 2. The van der Waals surface area contributed by atoms with E-state index in [0.29, 0.717) is 22.1 Å². The molecule has 1 saturated carbocycles. The number of rotatable bonds is 9. The molecule has 38 heavy (non-hydrogen) atoms. The van der Waals surface area contributed by atoms with Crippen molar-refractivity contribution in [3.8, 4) is 0 Å². The number of aryl methyl sites for hydroxylation is 1. The fourth-order valence-corrected chi connectivity index (χ4v) is 7.46. The van der Waals surface area contributed by atoms with E-state index in [4.69, 9.17) is 4.98 Å². The standard InChI is InChI=1S/C29H28N4O2S3/c1-19-14-15-23(22(17-19)26(34)20-9-5-6-10-20)31-28(35)33-29-32-24(18-36-21-11-3-2-4-12-21)27(38-29)37-25-13-7-8-16-30-25/h2-4,7-8,11-17,20H,5-6,9-10,18H2,1H3,(H2,31,32,33,35). The molecule has 2 N–H and O–H groups in total. The van der Waals surface area contributed by atoms with Crippen LogP contribution < -0.4 is 10.6 Å². The monoisotopic (exact) mass is 560 g/mol. The lowest BCUT2D eigenvalue weighted by Gasteiger charge is -2.14. The number of urea groups is 1. The minimum Gasteiger partial charge on any atom is -0.307 e. The molecule has 5 rings (SSSR count). The van der Waals surface area contributed by atoms with Crippen LogP contribution in [0.1, 0.15) is 47.3 Å².